The molecule has 0 bridgehead atoms. The molecule has 6 N–H and O–H groups in total. The number of aromatic nitrogens is 1. The van der Waals surface area contributed by atoms with Crippen molar-refractivity contribution in [2.75, 3.05) is 42.7 Å². The minimum Gasteiger partial charge on any atom is -0.397 e. The van der Waals surface area contributed by atoms with Gasteiger partial charge in [0.2, 0.25) is 0 Å². The van der Waals surface area contributed by atoms with Gasteiger partial charge in [-0.1, -0.05) is 11.3 Å². The van der Waals surface area contributed by atoms with Gasteiger partial charge in [0.15, 0.2) is 5.13 Å². The van der Waals surface area contributed by atoms with Gasteiger partial charge < -0.3 is 26.6 Å². The Hall–Kier alpha value is -1.57. The molecule has 0 aliphatic rings. The molecular weight excluding hydrogens is 252 g/mol. The van der Waals surface area contributed by atoms with Crippen LogP contribution in [0.15, 0.2) is 12.1 Å². The number of nitrogens with zero attached hydrogens (tertiary/aromatic N) is 2. The fourth-order valence-corrected chi connectivity index (χ4v) is 2.78. The minimum atomic E-state index is 0.0140. The van der Waals surface area contributed by atoms with E-state index in [0.29, 0.717) is 29.4 Å². The maximum absolute atomic E-state index is 9.07. The lowest BCUT2D eigenvalue weighted by Gasteiger charge is -2.23. The van der Waals surface area contributed by atoms with E-state index in [2.05, 4.69) is 4.98 Å². The summed E-state index contributed by atoms with van der Waals surface area (Å²) in [6.45, 7) is 0.912. The lowest BCUT2D eigenvalue weighted by Crippen LogP contribution is -2.29. The second kappa shape index (κ2) is 5.38. The van der Waals surface area contributed by atoms with Crippen LogP contribution in [0, 0.1) is 0 Å². The molecule has 0 spiro atoms. The summed E-state index contributed by atoms with van der Waals surface area (Å²) in [7, 11) is 0. The number of nitrogen functional groups attached to an aromatic ring is 2. The molecule has 0 unspecified atom stereocenters. The van der Waals surface area contributed by atoms with Crippen LogP contribution in [0.1, 0.15) is 0 Å². The van der Waals surface area contributed by atoms with E-state index < -0.39 is 0 Å². The van der Waals surface area contributed by atoms with Crippen LogP contribution in [0.2, 0.25) is 0 Å². The van der Waals surface area contributed by atoms with E-state index in [1.54, 1.807) is 6.07 Å². The molecule has 98 valence electrons. The Bertz CT molecular complexity index is 537. The molecule has 0 amide bonds. The zero-order chi connectivity index (χ0) is 13.1. The number of aliphatic hydroxyl groups excluding tert-OH is 2. The maximum atomic E-state index is 9.07. The second-order valence-electron chi connectivity index (χ2n) is 3.84. The predicted molar refractivity (Wildman–Crippen MR) is 74.8 cm³/mol. The van der Waals surface area contributed by atoms with E-state index in [4.69, 9.17) is 21.7 Å². The molecule has 6 nitrogen and oxygen atoms in total. The van der Waals surface area contributed by atoms with Crippen LogP contribution in [0.3, 0.4) is 0 Å². The minimum absolute atomic E-state index is 0.0140. The van der Waals surface area contributed by atoms with Crippen molar-refractivity contribution >= 4 is 38.1 Å². The van der Waals surface area contributed by atoms with Crippen molar-refractivity contribution in [3.8, 4) is 0 Å². The number of thiazole rings is 1. The number of hydrogen-bond donors (Lipinski definition) is 4. The third-order valence-electron chi connectivity index (χ3n) is 2.65. The summed E-state index contributed by atoms with van der Waals surface area (Å²) in [5, 5.41) is 18.6. The zero-order valence-electron chi connectivity index (χ0n) is 9.83. The predicted octanol–water partition coefficient (Wildman–Crippen LogP) is 0.252. The van der Waals surface area contributed by atoms with Crippen LogP contribution in [0.4, 0.5) is 16.5 Å². The molecule has 0 fully saturated rings. The van der Waals surface area contributed by atoms with E-state index in [0.717, 1.165) is 10.4 Å². The van der Waals surface area contributed by atoms with E-state index in [1.807, 2.05) is 11.0 Å². The molecule has 2 rings (SSSR count). The van der Waals surface area contributed by atoms with Gasteiger partial charge in [0.1, 0.15) is 5.52 Å². The van der Waals surface area contributed by atoms with E-state index in [-0.39, 0.29) is 13.2 Å². The zero-order valence-corrected chi connectivity index (χ0v) is 10.7. The molecule has 0 atom stereocenters. The van der Waals surface area contributed by atoms with Crippen molar-refractivity contribution in [1.82, 2.24) is 4.98 Å². The summed E-state index contributed by atoms with van der Waals surface area (Å²) in [5.41, 5.74) is 13.7. The third kappa shape index (κ3) is 2.33. The monoisotopic (exact) mass is 268 g/mol. The summed E-state index contributed by atoms with van der Waals surface area (Å²) in [4.78, 5) is 6.08. The fraction of sp³-hybridized carbons (Fsp3) is 0.364. The summed E-state index contributed by atoms with van der Waals surface area (Å²) in [6.07, 6.45) is 0. The van der Waals surface area contributed by atoms with Gasteiger partial charge in [-0.3, -0.25) is 0 Å². The Balaban J connectivity index is 2.51. The SMILES string of the molecule is Nc1nc2c(N)ccc(N(CCO)CCO)c2s1. The molecule has 0 saturated heterocycles. The lowest BCUT2D eigenvalue weighted by atomic mass is 10.2. The number of hydrogen-bond acceptors (Lipinski definition) is 7. The normalized spacial score (nSPS) is 11.0. The van der Waals surface area contributed by atoms with Gasteiger partial charge in [-0.25, -0.2) is 4.98 Å². The highest BCUT2D eigenvalue weighted by atomic mass is 32.1. The Labute approximate surface area is 108 Å². The van der Waals surface area contributed by atoms with Gasteiger partial charge in [0.05, 0.1) is 29.3 Å². The average molecular weight is 268 g/mol. The van der Waals surface area contributed by atoms with Crippen LogP contribution in [0.25, 0.3) is 10.2 Å². The van der Waals surface area contributed by atoms with Crippen LogP contribution in [-0.4, -0.2) is 41.5 Å². The maximum Gasteiger partial charge on any atom is 0.181 e. The fourth-order valence-electron chi connectivity index (χ4n) is 1.87. The summed E-state index contributed by atoms with van der Waals surface area (Å²) in [5.74, 6) is 0. The quantitative estimate of drug-likeness (QED) is 0.579. The number of aliphatic hydroxyl groups is 2. The number of benzene rings is 1. The molecule has 0 aliphatic heterocycles. The standard InChI is InChI=1S/C11H16N4O2S/c12-7-1-2-8(15(3-5-16)4-6-17)10-9(7)14-11(13)18-10/h1-2,16-17H,3-6,12H2,(H2,13,14). The van der Waals surface area contributed by atoms with Gasteiger partial charge in [-0.05, 0) is 12.1 Å². The highest BCUT2D eigenvalue weighted by Gasteiger charge is 2.14. The number of rotatable bonds is 5. The molecule has 0 saturated carbocycles. The Morgan fingerprint density at radius 3 is 2.44 bits per heavy atom. The lowest BCUT2D eigenvalue weighted by molar-refractivity contribution is 0.281. The topological polar surface area (TPSA) is 109 Å². The molecule has 2 aromatic rings. The first-order valence-electron chi connectivity index (χ1n) is 5.58. The second-order valence-corrected chi connectivity index (χ2v) is 4.87. The number of anilines is 3. The highest BCUT2D eigenvalue weighted by Crippen LogP contribution is 2.36. The summed E-state index contributed by atoms with van der Waals surface area (Å²) in [6, 6.07) is 3.62. The first-order chi connectivity index (χ1) is 8.67. The molecule has 1 aromatic carbocycles. The molecule has 18 heavy (non-hydrogen) atoms. The van der Waals surface area contributed by atoms with Gasteiger partial charge in [0, 0.05) is 13.1 Å². The number of nitrogens with two attached hydrogens (primary N) is 2. The van der Waals surface area contributed by atoms with Crippen molar-refractivity contribution in [2.24, 2.45) is 0 Å². The van der Waals surface area contributed by atoms with E-state index in [1.165, 1.54) is 11.3 Å². The molecule has 0 radical (unpaired) electrons. The molecule has 0 aliphatic carbocycles. The number of fused-ring (bicyclic) bond motifs is 1. The van der Waals surface area contributed by atoms with E-state index in [9.17, 15) is 0 Å². The largest absolute Gasteiger partial charge is 0.397 e. The Kier molecular flexibility index (Phi) is 3.85. The van der Waals surface area contributed by atoms with Crippen molar-refractivity contribution < 1.29 is 10.2 Å². The highest BCUT2D eigenvalue weighted by molar-refractivity contribution is 7.22. The van der Waals surface area contributed by atoms with Gasteiger partial charge in [-0.2, -0.15) is 0 Å². The molecule has 1 aromatic heterocycles. The Morgan fingerprint density at radius 2 is 1.83 bits per heavy atom. The molecule has 7 heteroatoms. The van der Waals surface area contributed by atoms with Crippen LogP contribution in [0.5, 0.6) is 0 Å². The average Bonchev–Trinajstić information content (AvgIpc) is 2.72. The van der Waals surface area contributed by atoms with Gasteiger partial charge in [-0.15, -0.1) is 0 Å². The third-order valence-corrected chi connectivity index (χ3v) is 3.56. The first-order valence-corrected chi connectivity index (χ1v) is 6.40. The van der Waals surface area contributed by atoms with Crippen LogP contribution < -0.4 is 16.4 Å². The first kappa shape index (κ1) is 12.9. The Morgan fingerprint density at radius 1 is 1.17 bits per heavy atom. The van der Waals surface area contributed by atoms with Crippen molar-refractivity contribution in [3.05, 3.63) is 12.1 Å². The molecular formula is C11H16N4O2S. The van der Waals surface area contributed by atoms with Crippen molar-refractivity contribution in [3.63, 3.8) is 0 Å². The van der Waals surface area contributed by atoms with E-state index >= 15 is 0 Å². The summed E-state index contributed by atoms with van der Waals surface area (Å²) < 4.78 is 0.884. The van der Waals surface area contributed by atoms with Crippen LogP contribution in [-0.2, 0) is 0 Å². The van der Waals surface area contributed by atoms with Crippen LogP contribution >= 0.6 is 11.3 Å². The smallest absolute Gasteiger partial charge is 0.181 e. The van der Waals surface area contributed by atoms with Gasteiger partial charge in [0.25, 0.3) is 0 Å². The van der Waals surface area contributed by atoms with Gasteiger partial charge >= 0.3 is 0 Å². The summed E-state index contributed by atoms with van der Waals surface area (Å²) >= 11 is 1.35. The van der Waals surface area contributed by atoms with Crippen molar-refractivity contribution in [2.45, 2.75) is 0 Å². The molecule has 1 heterocycles. The van der Waals surface area contributed by atoms with Crippen molar-refractivity contribution in [1.29, 1.82) is 0 Å².